The van der Waals surface area contributed by atoms with Crippen molar-refractivity contribution in [3.8, 4) is 0 Å². The molecule has 1 aliphatic rings. The molecule has 0 saturated carbocycles. The summed E-state index contributed by atoms with van der Waals surface area (Å²) in [7, 11) is 3.26. The Balaban J connectivity index is 1.93. The summed E-state index contributed by atoms with van der Waals surface area (Å²) in [4.78, 5) is 30.7. The minimum atomic E-state index is -0.567. The summed E-state index contributed by atoms with van der Waals surface area (Å²) in [6.45, 7) is 2.06. The highest BCUT2D eigenvalue weighted by Crippen LogP contribution is 2.38. The maximum Gasteiger partial charge on any atom is 0.320 e. The molecular formula is C15H19N5O3S. The van der Waals surface area contributed by atoms with E-state index in [2.05, 4.69) is 17.0 Å². The van der Waals surface area contributed by atoms with Crippen LogP contribution in [-0.2, 0) is 19.9 Å². The molecule has 2 heterocycles. The molecule has 1 amide bonds. The van der Waals surface area contributed by atoms with Gasteiger partial charge in [-0.2, -0.15) is 5.10 Å². The number of carbonyl (C=O) groups excluding carboxylic acids is 1. The fraction of sp³-hybridized carbons (Fsp3) is 0.533. The first kappa shape index (κ1) is 16.6. The van der Waals surface area contributed by atoms with Crippen LogP contribution in [0.15, 0.2) is 6.20 Å². The lowest BCUT2D eigenvalue weighted by Crippen LogP contribution is -2.33. The van der Waals surface area contributed by atoms with Crippen LogP contribution in [0.4, 0.5) is 5.69 Å². The topological polar surface area (TPSA) is 94.2 Å². The third-order valence-electron chi connectivity index (χ3n) is 4.26. The summed E-state index contributed by atoms with van der Waals surface area (Å²) < 4.78 is 1.30. The summed E-state index contributed by atoms with van der Waals surface area (Å²) in [6.07, 6.45) is 4.84. The molecular weight excluding hydrogens is 330 g/mol. The molecule has 9 heteroatoms. The van der Waals surface area contributed by atoms with E-state index in [0.29, 0.717) is 0 Å². The van der Waals surface area contributed by atoms with Gasteiger partial charge in [-0.3, -0.25) is 19.6 Å². The van der Waals surface area contributed by atoms with E-state index in [1.165, 1.54) is 10.9 Å². The molecule has 3 rings (SSSR count). The fourth-order valence-electron chi connectivity index (χ4n) is 3.04. The SMILES string of the molecule is CCc1nc2c(s1)[C@H](N(C)C(=O)c1nn(C)cc1[N+](=O)[O-])CCC2. The van der Waals surface area contributed by atoms with Crippen LogP contribution in [0.1, 0.15) is 51.9 Å². The van der Waals surface area contributed by atoms with E-state index < -0.39 is 10.8 Å². The Labute approximate surface area is 143 Å². The van der Waals surface area contributed by atoms with Crippen LogP contribution in [-0.4, -0.2) is 37.5 Å². The Kier molecular flexibility index (Phi) is 4.35. The van der Waals surface area contributed by atoms with Crippen LogP contribution in [0, 0.1) is 10.1 Å². The molecule has 0 spiro atoms. The quantitative estimate of drug-likeness (QED) is 0.624. The van der Waals surface area contributed by atoms with Crippen molar-refractivity contribution < 1.29 is 9.72 Å². The Morgan fingerprint density at radius 1 is 1.58 bits per heavy atom. The lowest BCUT2D eigenvalue weighted by atomic mass is 9.97. The maximum absolute atomic E-state index is 12.8. The van der Waals surface area contributed by atoms with Crippen molar-refractivity contribution in [1.29, 1.82) is 0 Å². The highest BCUT2D eigenvalue weighted by atomic mass is 32.1. The number of carbonyl (C=O) groups is 1. The van der Waals surface area contributed by atoms with E-state index in [1.807, 2.05) is 0 Å². The van der Waals surface area contributed by atoms with Crippen molar-refractivity contribution in [2.24, 2.45) is 7.05 Å². The van der Waals surface area contributed by atoms with Crippen LogP contribution in [0.2, 0.25) is 0 Å². The number of fused-ring (bicyclic) bond motifs is 1. The largest absolute Gasteiger partial charge is 0.332 e. The first-order chi connectivity index (χ1) is 11.4. The van der Waals surface area contributed by atoms with Gasteiger partial charge in [0.1, 0.15) is 6.20 Å². The van der Waals surface area contributed by atoms with Gasteiger partial charge in [0.2, 0.25) is 5.69 Å². The molecule has 2 aromatic heterocycles. The van der Waals surface area contributed by atoms with Crippen LogP contribution in [0.5, 0.6) is 0 Å². The van der Waals surface area contributed by atoms with Crippen molar-refractivity contribution in [2.45, 2.75) is 38.6 Å². The summed E-state index contributed by atoms with van der Waals surface area (Å²) >= 11 is 1.64. The molecule has 0 aliphatic heterocycles. The number of nitrogens with zero attached hydrogens (tertiary/aromatic N) is 5. The zero-order valence-electron chi connectivity index (χ0n) is 13.9. The standard InChI is InChI=1S/C15H19N5O3S/c1-4-12-16-9-6-5-7-10(14(9)24-12)19(3)15(21)13-11(20(22)23)8-18(2)17-13/h8,10H,4-7H2,1-3H3/t10-/m1/s1. The summed E-state index contributed by atoms with van der Waals surface area (Å²) in [6, 6.07) is -0.0966. The first-order valence-electron chi connectivity index (χ1n) is 7.86. The average molecular weight is 349 g/mol. The van der Waals surface area contributed by atoms with Gasteiger partial charge < -0.3 is 4.90 Å². The van der Waals surface area contributed by atoms with Gasteiger partial charge in [0.25, 0.3) is 5.91 Å². The highest BCUT2D eigenvalue weighted by Gasteiger charge is 2.34. The molecule has 1 aliphatic carbocycles. The molecule has 0 saturated heterocycles. The third kappa shape index (κ3) is 2.79. The Hall–Kier alpha value is -2.29. The predicted octanol–water partition coefficient (Wildman–Crippen LogP) is 2.50. The van der Waals surface area contributed by atoms with Gasteiger partial charge in [0.05, 0.1) is 26.5 Å². The molecule has 8 nitrogen and oxygen atoms in total. The lowest BCUT2D eigenvalue weighted by molar-refractivity contribution is -0.385. The molecule has 0 radical (unpaired) electrons. The summed E-state index contributed by atoms with van der Waals surface area (Å²) in [5.41, 5.74) is 0.685. The maximum atomic E-state index is 12.8. The second-order valence-electron chi connectivity index (χ2n) is 5.89. The van der Waals surface area contributed by atoms with E-state index >= 15 is 0 Å². The van der Waals surface area contributed by atoms with E-state index in [4.69, 9.17) is 0 Å². The summed E-state index contributed by atoms with van der Waals surface area (Å²) in [5.74, 6) is -0.424. The van der Waals surface area contributed by atoms with Crippen LogP contribution >= 0.6 is 11.3 Å². The van der Waals surface area contributed by atoms with E-state index in [-0.39, 0.29) is 17.4 Å². The number of nitro groups is 1. The van der Waals surface area contributed by atoms with Gasteiger partial charge in [-0.15, -0.1) is 11.3 Å². The van der Waals surface area contributed by atoms with Gasteiger partial charge >= 0.3 is 5.69 Å². The molecule has 0 N–H and O–H groups in total. The molecule has 128 valence electrons. The smallest absolute Gasteiger partial charge is 0.320 e. The Morgan fingerprint density at radius 2 is 2.33 bits per heavy atom. The van der Waals surface area contributed by atoms with E-state index in [0.717, 1.165) is 41.3 Å². The van der Waals surface area contributed by atoms with Gasteiger partial charge in [-0.1, -0.05) is 6.92 Å². The average Bonchev–Trinajstić information content (AvgIpc) is 3.16. The van der Waals surface area contributed by atoms with Gasteiger partial charge in [-0.05, 0) is 25.7 Å². The predicted molar refractivity (Wildman–Crippen MR) is 89.1 cm³/mol. The zero-order valence-corrected chi connectivity index (χ0v) is 14.7. The number of aromatic nitrogens is 3. The molecule has 0 bridgehead atoms. The molecule has 0 unspecified atom stereocenters. The number of hydrogen-bond acceptors (Lipinski definition) is 6. The fourth-order valence-corrected chi connectivity index (χ4v) is 4.27. The second-order valence-corrected chi connectivity index (χ2v) is 7.01. The minimum absolute atomic E-state index is 0.0966. The second kappa shape index (κ2) is 6.31. The lowest BCUT2D eigenvalue weighted by Gasteiger charge is -2.30. The summed E-state index contributed by atoms with van der Waals surface area (Å²) in [5, 5.41) is 16.2. The van der Waals surface area contributed by atoms with Gasteiger partial charge in [0, 0.05) is 14.1 Å². The zero-order chi connectivity index (χ0) is 17.4. The first-order valence-corrected chi connectivity index (χ1v) is 8.67. The van der Waals surface area contributed by atoms with Crippen LogP contribution < -0.4 is 0 Å². The van der Waals surface area contributed by atoms with Crippen molar-refractivity contribution in [3.05, 3.63) is 37.6 Å². The Bertz CT molecular complexity index is 797. The van der Waals surface area contributed by atoms with Gasteiger partial charge in [-0.25, -0.2) is 4.98 Å². The van der Waals surface area contributed by atoms with Crippen LogP contribution in [0.25, 0.3) is 0 Å². The number of aryl methyl sites for hydroxylation is 3. The Morgan fingerprint density at radius 3 is 3.00 bits per heavy atom. The third-order valence-corrected chi connectivity index (χ3v) is 5.61. The van der Waals surface area contributed by atoms with Crippen molar-refractivity contribution in [3.63, 3.8) is 0 Å². The normalized spacial score (nSPS) is 16.7. The van der Waals surface area contributed by atoms with Crippen molar-refractivity contribution in [2.75, 3.05) is 7.05 Å². The van der Waals surface area contributed by atoms with E-state index in [9.17, 15) is 14.9 Å². The highest BCUT2D eigenvalue weighted by molar-refractivity contribution is 7.11. The van der Waals surface area contributed by atoms with Gasteiger partial charge in [0.15, 0.2) is 0 Å². The molecule has 1 atom stereocenters. The number of rotatable bonds is 4. The number of amides is 1. The van der Waals surface area contributed by atoms with Crippen molar-refractivity contribution in [1.82, 2.24) is 19.7 Å². The molecule has 2 aromatic rings. The van der Waals surface area contributed by atoms with E-state index in [1.54, 1.807) is 30.3 Å². The number of hydrogen-bond donors (Lipinski definition) is 0. The molecule has 0 fully saturated rings. The monoisotopic (exact) mass is 349 g/mol. The van der Waals surface area contributed by atoms with Crippen molar-refractivity contribution >= 4 is 22.9 Å². The minimum Gasteiger partial charge on any atom is -0.332 e. The molecule has 24 heavy (non-hydrogen) atoms. The van der Waals surface area contributed by atoms with Crippen LogP contribution in [0.3, 0.4) is 0 Å². The molecule has 0 aromatic carbocycles. The number of thiazole rings is 1.